The molecule has 0 radical (unpaired) electrons. The average molecular weight is 635 g/mol. The van der Waals surface area contributed by atoms with Gasteiger partial charge in [-0.25, -0.2) is 25.5 Å². The number of benzene rings is 3. The average Bonchev–Trinajstić information content (AvgIpc) is 2.88. The number of halogens is 4. The van der Waals surface area contributed by atoms with Crippen molar-refractivity contribution in [2.75, 3.05) is 23.1 Å². The van der Waals surface area contributed by atoms with Crippen molar-refractivity contribution in [2.24, 2.45) is 5.92 Å². The Morgan fingerprint density at radius 3 is 2.21 bits per heavy atom. The Morgan fingerprint density at radius 1 is 0.923 bits per heavy atom. The molecule has 14 heteroatoms. The second kappa shape index (κ2) is 12.0. The molecule has 3 aromatic carbocycles. The van der Waals surface area contributed by atoms with Gasteiger partial charge in [-0.05, 0) is 67.4 Å². The highest BCUT2D eigenvalue weighted by molar-refractivity contribution is 7.92. The highest BCUT2D eigenvalue weighted by Gasteiger charge is 2.32. The number of rotatable bonds is 8. The third-order valence-electron chi connectivity index (χ3n) is 6.21. The SMILES string of the molecule is O=C(Nc1ccc(S(=O)(=O)Nc2ccc(Cl)cc2Cl)cc1)C1CCN(S(=O)(=O)Cc2c(F)cccc2Cl)CC1. The predicted octanol–water partition coefficient (Wildman–Crippen LogP) is 5.77. The maximum atomic E-state index is 14.1. The van der Waals surface area contributed by atoms with Crippen LogP contribution in [0.15, 0.2) is 65.6 Å². The van der Waals surface area contributed by atoms with Gasteiger partial charge in [-0.3, -0.25) is 9.52 Å². The molecule has 208 valence electrons. The third-order valence-corrected chi connectivity index (χ3v) is 10.3. The van der Waals surface area contributed by atoms with E-state index in [4.69, 9.17) is 34.8 Å². The molecule has 0 atom stereocenters. The van der Waals surface area contributed by atoms with Crippen LogP contribution in [0.3, 0.4) is 0 Å². The van der Waals surface area contributed by atoms with E-state index in [1.54, 1.807) is 0 Å². The van der Waals surface area contributed by atoms with Crippen molar-refractivity contribution in [2.45, 2.75) is 23.5 Å². The van der Waals surface area contributed by atoms with Crippen LogP contribution in [-0.2, 0) is 30.6 Å². The van der Waals surface area contributed by atoms with Crippen LogP contribution in [-0.4, -0.2) is 40.1 Å². The number of anilines is 2. The van der Waals surface area contributed by atoms with Crippen molar-refractivity contribution in [1.82, 2.24) is 4.31 Å². The lowest BCUT2D eigenvalue weighted by Gasteiger charge is -2.30. The fourth-order valence-corrected chi connectivity index (χ4v) is 7.59. The second-order valence-electron chi connectivity index (χ2n) is 8.87. The highest BCUT2D eigenvalue weighted by atomic mass is 35.5. The number of amides is 1. The van der Waals surface area contributed by atoms with E-state index in [9.17, 15) is 26.0 Å². The Balaban J connectivity index is 1.33. The van der Waals surface area contributed by atoms with Gasteiger partial charge in [0.1, 0.15) is 5.82 Å². The van der Waals surface area contributed by atoms with Crippen molar-refractivity contribution >= 4 is 72.1 Å². The lowest BCUT2D eigenvalue weighted by Crippen LogP contribution is -2.42. The minimum absolute atomic E-state index is 0.0382. The Hall–Kier alpha value is -2.41. The standard InChI is InChI=1S/C25H23Cl3FN3O5S2/c26-17-4-9-24(22(28)14-17)31-39(36,37)19-7-5-18(6-8-19)30-25(33)16-10-12-32(13-11-16)38(34,35)15-20-21(27)2-1-3-23(20)29/h1-9,14,16,31H,10-13,15H2,(H,30,33). The van der Waals surface area contributed by atoms with E-state index in [2.05, 4.69) is 10.0 Å². The van der Waals surface area contributed by atoms with Crippen molar-refractivity contribution in [3.63, 3.8) is 0 Å². The molecule has 0 aliphatic carbocycles. The highest BCUT2D eigenvalue weighted by Crippen LogP contribution is 2.29. The van der Waals surface area contributed by atoms with Crippen molar-refractivity contribution in [3.05, 3.63) is 87.1 Å². The van der Waals surface area contributed by atoms with E-state index >= 15 is 0 Å². The Bertz CT molecular complexity index is 1580. The Kier molecular flexibility index (Phi) is 9.09. The number of piperidine rings is 1. The maximum Gasteiger partial charge on any atom is 0.261 e. The molecule has 4 rings (SSSR count). The first-order valence-corrected chi connectivity index (χ1v) is 15.9. The van der Waals surface area contributed by atoms with Crippen LogP contribution in [0.4, 0.5) is 15.8 Å². The second-order valence-corrected chi connectivity index (χ2v) is 13.8. The molecule has 0 unspecified atom stereocenters. The number of nitrogens with one attached hydrogen (secondary N) is 2. The molecule has 0 saturated carbocycles. The lowest BCUT2D eigenvalue weighted by atomic mass is 9.97. The van der Waals surface area contributed by atoms with Crippen LogP contribution in [0.25, 0.3) is 0 Å². The van der Waals surface area contributed by atoms with Gasteiger partial charge in [-0.15, -0.1) is 0 Å². The fourth-order valence-electron chi connectivity index (χ4n) is 4.08. The first-order chi connectivity index (χ1) is 18.4. The van der Waals surface area contributed by atoms with E-state index in [1.807, 2.05) is 0 Å². The minimum atomic E-state index is -3.95. The maximum absolute atomic E-state index is 14.1. The van der Waals surface area contributed by atoms with Gasteiger partial charge in [-0.2, -0.15) is 0 Å². The number of carbonyl (C=O) groups excluding carboxylic acids is 1. The molecule has 1 saturated heterocycles. The quantitative estimate of drug-likeness (QED) is 0.327. The third kappa shape index (κ3) is 7.22. The molecule has 3 aromatic rings. The normalized spacial score (nSPS) is 15.2. The summed E-state index contributed by atoms with van der Waals surface area (Å²) < 4.78 is 68.8. The molecule has 1 heterocycles. The monoisotopic (exact) mass is 633 g/mol. The van der Waals surface area contributed by atoms with Crippen LogP contribution in [0, 0.1) is 11.7 Å². The summed E-state index contributed by atoms with van der Waals surface area (Å²) in [5, 5.41) is 3.28. The summed E-state index contributed by atoms with van der Waals surface area (Å²) in [6, 6.07) is 13.9. The minimum Gasteiger partial charge on any atom is -0.326 e. The van der Waals surface area contributed by atoms with E-state index in [0.717, 1.165) is 6.07 Å². The van der Waals surface area contributed by atoms with Crippen LogP contribution < -0.4 is 10.0 Å². The van der Waals surface area contributed by atoms with Gasteiger partial charge in [0.2, 0.25) is 15.9 Å². The summed E-state index contributed by atoms with van der Waals surface area (Å²) in [6.07, 6.45) is 0.544. The van der Waals surface area contributed by atoms with Gasteiger partial charge < -0.3 is 5.32 Å². The molecular weight excluding hydrogens is 612 g/mol. The number of nitrogens with zero attached hydrogens (tertiary/aromatic N) is 1. The molecule has 0 bridgehead atoms. The summed E-state index contributed by atoms with van der Waals surface area (Å²) >= 11 is 17.9. The van der Waals surface area contributed by atoms with Gasteiger partial charge in [0.15, 0.2) is 0 Å². The van der Waals surface area contributed by atoms with E-state index in [-0.39, 0.29) is 58.0 Å². The van der Waals surface area contributed by atoms with Gasteiger partial charge in [0, 0.05) is 40.3 Å². The van der Waals surface area contributed by atoms with Crippen molar-refractivity contribution in [1.29, 1.82) is 0 Å². The predicted molar refractivity (Wildman–Crippen MR) is 151 cm³/mol. The fraction of sp³-hybridized carbons (Fsp3) is 0.240. The number of hydrogen-bond donors (Lipinski definition) is 2. The first-order valence-electron chi connectivity index (χ1n) is 11.7. The van der Waals surface area contributed by atoms with E-state index in [1.165, 1.54) is 58.9 Å². The molecule has 0 aromatic heterocycles. The molecule has 39 heavy (non-hydrogen) atoms. The van der Waals surface area contributed by atoms with E-state index < -0.39 is 37.5 Å². The first kappa shape index (κ1) is 29.6. The summed E-state index contributed by atoms with van der Waals surface area (Å²) in [6.45, 7) is 0.200. The summed E-state index contributed by atoms with van der Waals surface area (Å²) in [4.78, 5) is 12.7. The zero-order valence-electron chi connectivity index (χ0n) is 20.2. The van der Waals surface area contributed by atoms with Crippen LogP contribution >= 0.6 is 34.8 Å². The number of sulfonamides is 2. The van der Waals surface area contributed by atoms with Gasteiger partial charge in [0.05, 0.1) is 21.4 Å². The van der Waals surface area contributed by atoms with Crippen LogP contribution in [0.1, 0.15) is 18.4 Å². The molecule has 1 aliphatic heterocycles. The summed E-state index contributed by atoms with van der Waals surface area (Å²) in [5.74, 6) is -2.02. The zero-order valence-corrected chi connectivity index (χ0v) is 24.1. The Labute approximate surface area is 241 Å². The zero-order chi connectivity index (χ0) is 28.4. The topological polar surface area (TPSA) is 113 Å². The van der Waals surface area contributed by atoms with Crippen LogP contribution in [0.5, 0.6) is 0 Å². The molecular formula is C25H23Cl3FN3O5S2. The Morgan fingerprint density at radius 2 is 1.59 bits per heavy atom. The van der Waals surface area contributed by atoms with Gasteiger partial charge >= 0.3 is 0 Å². The summed E-state index contributed by atoms with van der Waals surface area (Å²) in [7, 11) is -7.78. The number of carbonyl (C=O) groups is 1. The molecule has 0 spiro atoms. The van der Waals surface area contributed by atoms with Gasteiger partial charge in [0.25, 0.3) is 10.0 Å². The van der Waals surface area contributed by atoms with Gasteiger partial charge in [-0.1, -0.05) is 40.9 Å². The molecule has 1 aliphatic rings. The largest absolute Gasteiger partial charge is 0.326 e. The molecule has 1 amide bonds. The number of hydrogen-bond acceptors (Lipinski definition) is 5. The van der Waals surface area contributed by atoms with Crippen molar-refractivity contribution in [3.8, 4) is 0 Å². The van der Waals surface area contributed by atoms with Crippen LogP contribution in [0.2, 0.25) is 15.1 Å². The lowest BCUT2D eigenvalue weighted by molar-refractivity contribution is -0.120. The smallest absolute Gasteiger partial charge is 0.261 e. The van der Waals surface area contributed by atoms with Crippen molar-refractivity contribution < 1.29 is 26.0 Å². The summed E-state index contributed by atoms with van der Waals surface area (Å²) in [5.41, 5.74) is 0.465. The molecule has 8 nitrogen and oxygen atoms in total. The van der Waals surface area contributed by atoms with E-state index in [0.29, 0.717) is 10.7 Å². The molecule has 2 N–H and O–H groups in total. The molecule has 1 fully saturated rings.